The van der Waals surface area contributed by atoms with Crippen LogP contribution in [0.3, 0.4) is 0 Å². The van der Waals surface area contributed by atoms with E-state index < -0.39 is 11.9 Å². The van der Waals surface area contributed by atoms with Gasteiger partial charge >= 0.3 is 0 Å². The topological polar surface area (TPSA) is 104 Å². The fourth-order valence-electron chi connectivity index (χ4n) is 4.67. The molecule has 1 aromatic carbocycles. The quantitative estimate of drug-likeness (QED) is 0.614. The molecule has 2 fully saturated rings. The lowest BCUT2D eigenvalue weighted by molar-refractivity contribution is -0.122. The summed E-state index contributed by atoms with van der Waals surface area (Å²) in [6, 6.07) is 5.35. The Hall–Kier alpha value is -3.40. The van der Waals surface area contributed by atoms with Crippen LogP contribution >= 0.6 is 0 Å². The zero-order valence-electron chi connectivity index (χ0n) is 18.3. The number of piperazine rings is 1. The van der Waals surface area contributed by atoms with Gasteiger partial charge in [-0.1, -0.05) is 0 Å². The number of likely N-dealkylation sites (tertiary alicyclic amines) is 1. The highest BCUT2D eigenvalue weighted by atomic mass is 16.5. The number of rotatable bonds is 6. The molecule has 3 aliphatic rings. The van der Waals surface area contributed by atoms with Gasteiger partial charge in [-0.05, 0) is 25.0 Å². The van der Waals surface area contributed by atoms with E-state index in [1.165, 1.54) is 0 Å². The minimum atomic E-state index is -0.742. The summed E-state index contributed by atoms with van der Waals surface area (Å²) in [4.78, 5) is 21.6. The molecule has 3 aliphatic heterocycles. The van der Waals surface area contributed by atoms with E-state index in [9.17, 15) is 4.79 Å². The fraction of sp³-hybridized carbons (Fsp3) is 0.455. The van der Waals surface area contributed by atoms with Gasteiger partial charge in [-0.25, -0.2) is 4.98 Å². The minimum Gasteiger partial charge on any atom is -0.494 e. The standard InChI is InChI=1S/C22H30N8O2/c1-32-18-14-16(27-11-6-24-7-12-27)4-5-17(18)26-30-15-19(28-9-2-3-10-28)29-13-8-25-22(29)20(30)21(23)31/h4-5,8,13-15,20,24,26H,2-3,6-7,9-12H2,1H3,(H2,23,31). The third-order valence-electron chi connectivity index (χ3n) is 6.31. The lowest BCUT2D eigenvalue weighted by Gasteiger charge is -2.37. The summed E-state index contributed by atoms with van der Waals surface area (Å²) in [6.07, 6.45) is 7.83. The maximum absolute atomic E-state index is 12.5. The van der Waals surface area contributed by atoms with Crippen molar-refractivity contribution in [2.75, 3.05) is 56.7 Å². The van der Waals surface area contributed by atoms with E-state index in [1.54, 1.807) is 18.3 Å². The fourth-order valence-corrected chi connectivity index (χ4v) is 4.67. The van der Waals surface area contributed by atoms with Crippen molar-refractivity contribution >= 4 is 23.1 Å². The summed E-state index contributed by atoms with van der Waals surface area (Å²) in [6.45, 7) is 5.79. The number of primary amides is 1. The Morgan fingerprint density at radius 1 is 1.19 bits per heavy atom. The van der Waals surface area contributed by atoms with Crippen molar-refractivity contribution in [1.82, 2.24) is 24.8 Å². The Labute approximate surface area is 187 Å². The number of fused-ring (bicyclic) bond motifs is 1. The van der Waals surface area contributed by atoms with E-state index in [0.29, 0.717) is 11.6 Å². The number of hydrogen-bond donors (Lipinski definition) is 3. The summed E-state index contributed by atoms with van der Waals surface area (Å²) >= 11 is 0. The smallest absolute Gasteiger partial charge is 0.250 e. The molecule has 0 radical (unpaired) electrons. The third-order valence-corrected chi connectivity index (χ3v) is 6.31. The summed E-state index contributed by atoms with van der Waals surface area (Å²) < 4.78 is 7.66. The second-order valence-electron chi connectivity index (χ2n) is 8.28. The molecule has 2 saturated heterocycles. The second-order valence-corrected chi connectivity index (χ2v) is 8.28. The van der Waals surface area contributed by atoms with Crippen molar-refractivity contribution in [1.29, 1.82) is 0 Å². The molecule has 10 nitrogen and oxygen atoms in total. The van der Waals surface area contributed by atoms with Crippen LogP contribution in [-0.2, 0) is 4.79 Å². The summed E-state index contributed by atoms with van der Waals surface area (Å²) in [5.74, 6) is 1.81. The number of nitrogens with one attached hydrogen (secondary N) is 2. The molecule has 10 heteroatoms. The van der Waals surface area contributed by atoms with Gasteiger partial charge in [0.1, 0.15) is 17.4 Å². The number of hydrogen-bond acceptors (Lipinski definition) is 8. The first-order valence-corrected chi connectivity index (χ1v) is 11.1. The Kier molecular flexibility index (Phi) is 5.52. The molecule has 0 saturated carbocycles. The number of aromatic nitrogens is 2. The second kappa shape index (κ2) is 8.62. The Morgan fingerprint density at radius 2 is 1.97 bits per heavy atom. The highest BCUT2D eigenvalue weighted by Gasteiger charge is 2.35. The number of carbonyl (C=O) groups is 1. The van der Waals surface area contributed by atoms with Gasteiger partial charge < -0.3 is 25.6 Å². The number of anilines is 2. The molecule has 1 unspecified atom stereocenters. The van der Waals surface area contributed by atoms with Crippen LogP contribution in [0.5, 0.6) is 5.75 Å². The van der Waals surface area contributed by atoms with Gasteiger partial charge in [-0.2, -0.15) is 0 Å². The van der Waals surface area contributed by atoms with Crippen molar-refractivity contribution in [3.05, 3.63) is 42.6 Å². The number of ether oxygens (including phenoxy) is 1. The monoisotopic (exact) mass is 438 g/mol. The molecule has 1 atom stereocenters. The van der Waals surface area contributed by atoms with E-state index in [4.69, 9.17) is 10.5 Å². The van der Waals surface area contributed by atoms with E-state index >= 15 is 0 Å². The lowest BCUT2D eigenvalue weighted by atomic mass is 10.2. The first-order valence-electron chi connectivity index (χ1n) is 11.1. The minimum absolute atomic E-state index is 0.474. The average molecular weight is 439 g/mol. The highest BCUT2D eigenvalue weighted by Crippen LogP contribution is 2.35. The molecule has 1 amide bonds. The van der Waals surface area contributed by atoms with E-state index in [2.05, 4.69) is 31.6 Å². The van der Waals surface area contributed by atoms with Crippen LogP contribution in [0.1, 0.15) is 24.7 Å². The Morgan fingerprint density at radius 3 is 2.69 bits per heavy atom. The predicted octanol–water partition coefficient (Wildman–Crippen LogP) is 1.02. The number of carbonyl (C=O) groups excluding carboxylic acids is 1. The molecule has 4 N–H and O–H groups in total. The largest absolute Gasteiger partial charge is 0.494 e. The molecular weight excluding hydrogens is 408 g/mol. The molecule has 2 aromatic rings. The zero-order chi connectivity index (χ0) is 22.1. The van der Waals surface area contributed by atoms with Gasteiger partial charge in [-0.15, -0.1) is 0 Å². The lowest BCUT2D eigenvalue weighted by Crippen LogP contribution is -2.44. The number of nitrogens with two attached hydrogens (primary N) is 1. The molecule has 0 bridgehead atoms. The number of methoxy groups -OCH3 is 1. The Bertz CT molecular complexity index is 1010. The van der Waals surface area contributed by atoms with Crippen molar-refractivity contribution in [2.24, 2.45) is 5.73 Å². The molecule has 0 spiro atoms. The molecule has 0 aliphatic carbocycles. The molecule has 5 rings (SSSR count). The van der Waals surface area contributed by atoms with Gasteiger partial charge in [0, 0.05) is 63.4 Å². The first-order chi connectivity index (χ1) is 15.7. The van der Waals surface area contributed by atoms with Gasteiger partial charge in [-0.3, -0.25) is 19.8 Å². The average Bonchev–Trinajstić information content (AvgIpc) is 3.51. The van der Waals surface area contributed by atoms with Gasteiger partial charge in [0.15, 0.2) is 6.04 Å². The number of benzene rings is 1. The maximum Gasteiger partial charge on any atom is 0.250 e. The van der Waals surface area contributed by atoms with Crippen LogP contribution in [0.2, 0.25) is 0 Å². The number of nitrogens with zero attached hydrogens (tertiary/aromatic N) is 5. The van der Waals surface area contributed by atoms with E-state index in [1.807, 2.05) is 29.1 Å². The van der Waals surface area contributed by atoms with Gasteiger partial charge in [0.2, 0.25) is 5.91 Å². The van der Waals surface area contributed by atoms with Crippen LogP contribution in [0.15, 0.2) is 36.8 Å². The number of imidazole rings is 1. The summed E-state index contributed by atoms with van der Waals surface area (Å²) in [5.41, 5.74) is 11.1. The third kappa shape index (κ3) is 3.70. The Balaban J connectivity index is 1.47. The van der Waals surface area contributed by atoms with Crippen molar-refractivity contribution in [3.63, 3.8) is 0 Å². The zero-order valence-corrected chi connectivity index (χ0v) is 18.3. The van der Waals surface area contributed by atoms with Crippen molar-refractivity contribution < 1.29 is 9.53 Å². The van der Waals surface area contributed by atoms with E-state index in [-0.39, 0.29) is 0 Å². The highest BCUT2D eigenvalue weighted by molar-refractivity contribution is 5.82. The predicted molar refractivity (Wildman–Crippen MR) is 123 cm³/mol. The van der Waals surface area contributed by atoms with Crippen LogP contribution in [-0.4, -0.2) is 71.7 Å². The van der Waals surface area contributed by atoms with Gasteiger partial charge in [0.25, 0.3) is 0 Å². The number of amides is 1. The molecular formula is C22H30N8O2. The molecule has 32 heavy (non-hydrogen) atoms. The summed E-state index contributed by atoms with van der Waals surface area (Å²) in [5, 5.41) is 5.12. The van der Waals surface area contributed by atoms with Gasteiger partial charge in [0.05, 0.1) is 19.0 Å². The molecule has 4 heterocycles. The summed E-state index contributed by atoms with van der Waals surface area (Å²) in [7, 11) is 1.65. The first kappa shape index (κ1) is 20.5. The maximum atomic E-state index is 12.5. The van der Waals surface area contributed by atoms with Crippen LogP contribution in [0.4, 0.5) is 11.4 Å². The normalized spacial score (nSPS) is 20.7. The molecule has 1 aromatic heterocycles. The molecule has 170 valence electrons. The van der Waals surface area contributed by atoms with Crippen molar-refractivity contribution in [3.8, 4) is 5.75 Å². The van der Waals surface area contributed by atoms with Crippen LogP contribution in [0.25, 0.3) is 5.82 Å². The number of hydrazine groups is 1. The van der Waals surface area contributed by atoms with Crippen LogP contribution in [0, 0.1) is 0 Å². The SMILES string of the molecule is COc1cc(N2CCNCC2)ccc1NN1C=C(N2CCCC2)n2ccnc2C1C(N)=O. The van der Waals surface area contributed by atoms with Crippen LogP contribution < -0.4 is 26.1 Å². The van der Waals surface area contributed by atoms with Crippen molar-refractivity contribution in [2.45, 2.75) is 18.9 Å². The van der Waals surface area contributed by atoms with E-state index in [0.717, 1.165) is 69.3 Å².